The van der Waals surface area contributed by atoms with Crippen LogP contribution in [0, 0.1) is 0 Å². The van der Waals surface area contributed by atoms with Crippen LogP contribution in [-0.2, 0) is 0 Å². The van der Waals surface area contributed by atoms with E-state index in [0.29, 0.717) is 0 Å². The van der Waals surface area contributed by atoms with E-state index in [1.165, 1.54) is 65.4 Å². The van der Waals surface area contributed by atoms with Crippen LogP contribution in [0.15, 0.2) is 180 Å². The average Bonchev–Trinajstić information content (AvgIpc) is 3.94. The van der Waals surface area contributed by atoms with Gasteiger partial charge in [0.1, 0.15) is 11.2 Å². The standard InChI is InChI=1S/C48H29N3O/c1-2-12-30(13-3-1)49-40-18-8-5-15-34(40)39-28-31(23-26-43(39)49)50-42-20-10-6-17-38(42)47-44(50)27-25-37-33-14-4-9-19-41(33)51(48(37)47)32-22-24-36-35-16-7-11-21-45(35)52-46(36)29-32/h1-29H. The van der Waals surface area contributed by atoms with Crippen molar-refractivity contribution in [3.05, 3.63) is 176 Å². The predicted octanol–water partition coefficient (Wildman–Crippen LogP) is 12.9. The number of rotatable bonds is 3. The van der Waals surface area contributed by atoms with Crippen molar-refractivity contribution in [1.29, 1.82) is 0 Å². The van der Waals surface area contributed by atoms with Crippen molar-refractivity contribution < 1.29 is 4.42 Å². The quantitative estimate of drug-likeness (QED) is 0.185. The minimum Gasteiger partial charge on any atom is -0.456 e. The molecule has 0 N–H and O–H groups in total. The maximum Gasteiger partial charge on any atom is 0.137 e. The molecule has 0 atom stereocenters. The minimum atomic E-state index is 0.891. The maximum atomic E-state index is 6.41. The smallest absolute Gasteiger partial charge is 0.137 e. The summed E-state index contributed by atoms with van der Waals surface area (Å²) in [5.74, 6) is 0. The molecule has 0 saturated heterocycles. The van der Waals surface area contributed by atoms with Gasteiger partial charge in [-0.05, 0) is 72.8 Å². The summed E-state index contributed by atoms with van der Waals surface area (Å²) in [6.07, 6.45) is 0. The Morgan fingerprint density at radius 2 is 0.808 bits per heavy atom. The Hall–Kier alpha value is -7.04. The fraction of sp³-hybridized carbons (Fsp3) is 0. The number of hydrogen-bond donors (Lipinski definition) is 0. The second kappa shape index (κ2) is 10.3. The number of nitrogens with zero attached hydrogens (tertiary/aromatic N) is 3. The molecule has 4 heteroatoms. The van der Waals surface area contributed by atoms with Crippen molar-refractivity contribution in [3.63, 3.8) is 0 Å². The van der Waals surface area contributed by atoms with Crippen molar-refractivity contribution in [2.45, 2.75) is 0 Å². The second-order valence-electron chi connectivity index (χ2n) is 13.7. The molecule has 0 saturated carbocycles. The van der Waals surface area contributed by atoms with Crippen LogP contribution in [0.2, 0.25) is 0 Å². The predicted molar refractivity (Wildman–Crippen MR) is 217 cm³/mol. The Balaban J connectivity index is 1.18. The van der Waals surface area contributed by atoms with Crippen molar-refractivity contribution in [1.82, 2.24) is 13.7 Å². The number of fused-ring (bicyclic) bond motifs is 13. The van der Waals surface area contributed by atoms with Gasteiger partial charge in [0.2, 0.25) is 0 Å². The summed E-state index contributed by atoms with van der Waals surface area (Å²) in [6.45, 7) is 0. The van der Waals surface area contributed by atoms with Gasteiger partial charge in [-0.1, -0.05) is 97.1 Å². The zero-order valence-electron chi connectivity index (χ0n) is 28.0. The van der Waals surface area contributed by atoms with Crippen molar-refractivity contribution in [2.24, 2.45) is 0 Å². The molecule has 0 spiro atoms. The molecule has 0 amide bonds. The van der Waals surface area contributed by atoms with Gasteiger partial charge in [0, 0.05) is 66.2 Å². The number of furan rings is 1. The van der Waals surface area contributed by atoms with Crippen LogP contribution >= 0.6 is 0 Å². The highest BCUT2D eigenvalue weighted by molar-refractivity contribution is 6.26. The summed E-state index contributed by atoms with van der Waals surface area (Å²) in [6, 6.07) is 63.5. The zero-order chi connectivity index (χ0) is 33.9. The summed E-state index contributed by atoms with van der Waals surface area (Å²) in [4.78, 5) is 0. The fourth-order valence-corrected chi connectivity index (χ4v) is 8.86. The van der Waals surface area contributed by atoms with Gasteiger partial charge in [-0.2, -0.15) is 0 Å². The first-order valence-electron chi connectivity index (χ1n) is 17.8. The van der Waals surface area contributed by atoms with Crippen LogP contribution in [0.3, 0.4) is 0 Å². The summed E-state index contributed by atoms with van der Waals surface area (Å²) < 4.78 is 13.7. The molecule has 0 aliphatic carbocycles. The molecular formula is C48H29N3O. The van der Waals surface area contributed by atoms with E-state index in [2.05, 4.69) is 177 Å². The third kappa shape index (κ3) is 3.65. The molecule has 242 valence electrons. The Kier molecular flexibility index (Phi) is 5.47. The molecule has 12 aromatic rings. The summed E-state index contributed by atoms with van der Waals surface area (Å²) in [7, 11) is 0. The Morgan fingerprint density at radius 3 is 1.62 bits per heavy atom. The molecule has 0 unspecified atom stereocenters. The van der Waals surface area contributed by atoms with Gasteiger partial charge < -0.3 is 18.1 Å². The molecule has 8 aromatic carbocycles. The lowest BCUT2D eigenvalue weighted by Crippen LogP contribution is -1.96. The fourth-order valence-electron chi connectivity index (χ4n) is 8.86. The number of hydrogen-bond acceptors (Lipinski definition) is 1. The number of benzene rings is 8. The lowest BCUT2D eigenvalue weighted by atomic mass is 10.1. The normalized spacial score (nSPS) is 12.2. The first-order valence-corrected chi connectivity index (χ1v) is 17.8. The first kappa shape index (κ1) is 27.7. The Labute approximate surface area is 297 Å². The molecule has 0 aliphatic heterocycles. The van der Waals surface area contributed by atoms with Crippen molar-refractivity contribution in [2.75, 3.05) is 0 Å². The highest BCUT2D eigenvalue weighted by atomic mass is 16.3. The van der Waals surface area contributed by atoms with E-state index in [4.69, 9.17) is 4.42 Å². The number of para-hydroxylation sites is 5. The van der Waals surface area contributed by atoms with Crippen LogP contribution in [0.5, 0.6) is 0 Å². The molecule has 4 nitrogen and oxygen atoms in total. The summed E-state index contributed by atoms with van der Waals surface area (Å²) in [5.41, 5.74) is 12.3. The SMILES string of the molecule is c1ccc(-n2c3ccccc3c3cc(-n4c5ccccc5c5c4ccc4c6ccccc6n(-c6ccc7c(c6)oc6ccccc67)c45)ccc32)cc1. The summed E-state index contributed by atoms with van der Waals surface area (Å²) >= 11 is 0. The van der Waals surface area contributed by atoms with E-state index >= 15 is 0 Å². The molecule has 4 aromatic heterocycles. The van der Waals surface area contributed by atoms with E-state index in [1.807, 2.05) is 12.1 Å². The maximum absolute atomic E-state index is 6.41. The van der Waals surface area contributed by atoms with Crippen LogP contribution in [-0.4, -0.2) is 13.7 Å². The third-order valence-corrected chi connectivity index (χ3v) is 11.0. The van der Waals surface area contributed by atoms with Gasteiger partial charge in [0.05, 0.1) is 33.1 Å². The molecule has 4 heterocycles. The average molecular weight is 664 g/mol. The van der Waals surface area contributed by atoms with Crippen LogP contribution < -0.4 is 0 Å². The van der Waals surface area contributed by atoms with Crippen LogP contribution in [0.25, 0.3) is 104 Å². The van der Waals surface area contributed by atoms with Gasteiger partial charge in [0.15, 0.2) is 0 Å². The molecule has 0 fully saturated rings. The van der Waals surface area contributed by atoms with E-state index < -0.39 is 0 Å². The largest absolute Gasteiger partial charge is 0.456 e. The molecule has 0 bridgehead atoms. The lowest BCUT2D eigenvalue weighted by molar-refractivity contribution is 0.668. The van der Waals surface area contributed by atoms with E-state index in [9.17, 15) is 0 Å². The van der Waals surface area contributed by atoms with Crippen molar-refractivity contribution >= 4 is 87.4 Å². The third-order valence-electron chi connectivity index (χ3n) is 11.0. The van der Waals surface area contributed by atoms with Crippen LogP contribution in [0.4, 0.5) is 0 Å². The topological polar surface area (TPSA) is 27.9 Å². The molecule has 0 aliphatic rings. The second-order valence-corrected chi connectivity index (χ2v) is 13.7. The van der Waals surface area contributed by atoms with E-state index in [1.54, 1.807) is 0 Å². The van der Waals surface area contributed by atoms with Gasteiger partial charge in [0.25, 0.3) is 0 Å². The van der Waals surface area contributed by atoms with Crippen LogP contribution in [0.1, 0.15) is 0 Å². The number of aromatic nitrogens is 3. The summed E-state index contributed by atoms with van der Waals surface area (Å²) in [5, 5.41) is 9.67. The van der Waals surface area contributed by atoms with Gasteiger partial charge in [-0.3, -0.25) is 0 Å². The molecule has 0 radical (unpaired) electrons. The first-order chi connectivity index (χ1) is 25.8. The van der Waals surface area contributed by atoms with Gasteiger partial charge >= 0.3 is 0 Å². The van der Waals surface area contributed by atoms with Gasteiger partial charge in [-0.15, -0.1) is 0 Å². The Morgan fingerprint density at radius 1 is 0.288 bits per heavy atom. The van der Waals surface area contributed by atoms with Gasteiger partial charge in [-0.25, -0.2) is 0 Å². The highest BCUT2D eigenvalue weighted by Gasteiger charge is 2.22. The minimum absolute atomic E-state index is 0.891. The van der Waals surface area contributed by atoms with Crippen molar-refractivity contribution in [3.8, 4) is 17.1 Å². The highest BCUT2D eigenvalue weighted by Crippen LogP contribution is 2.43. The zero-order valence-corrected chi connectivity index (χ0v) is 28.0. The Bertz CT molecular complexity index is 3410. The lowest BCUT2D eigenvalue weighted by Gasteiger charge is -2.11. The molecular weight excluding hydrogens is 635 g/mol. The van der Waals surface area contributed by atoms with E-state index in [-0.39, 0.29) is 0 Å². The molecule has 12 rings (SSSR count). The van der Waals surface area contributed by atoms with E-state index in [0.717, 1.165) is 39.0 Å². The monoisotopic (exact) mass is 663 g/mol. The molecule has 52 heavy (non-hydrogen) atoms.